The Kier molecular flexibility index (Phi) is 4.31. The zero-order valence-corrected chi connectivity index (χ0v) is 11.6. The molecule has 3 rings (SSSR count). The zero-order valence-electron chi connectivity index (χ0n) is 11.6. The van der Waals surface area contributed by atoms with Gasteiger partial charge in [-0.15, -0.1) is 0 Å². The quantitative estimate of drug-likeness (QED) is 0.553. The number of rotatable bonds is 6. The van der Waals surface area contributed by atoms with E-state index >= 15 is 0 Å². The normalized spacial score (nSPS) is 28.4. The molecule has 2 aliphatic carbocycles. The average molecular weight is 257 g/mol. The van der Waals surface area contributed by atoms with E-state index in [4.69, 9.17) is 0 Å². The van der Waals surface area contributed by atoms with E-state index < -0.39 is 0 Å². The molecule has 0 amide bonds. The first kappa shape index (κ1) is 12.9. The van der Waals surface area contributed by atoms with Gasteiger partial charge in [-0.05, 0) is 43.4 Å². The Morgan fingerprint density at radius 3 is 3.21 bits per heavy atom. The summed E-state index contributed by atoms with van der Waals surface area (Å²) in [5, 5.41) is 5.98. The number of quaternary nitrogens is 1. The van der Waals surface area contributed by atoms with Crippen LogP contribution in [0.4, 0.5) is 0 Å². The summed E-state index contributed by atoms with van der Waals surface area (Å²) >= 11 is 0. The van der Waals surface area contributed by atoms with Crippen LogP contribution < -0.4 is 10.6 Å². The monoisotopic (exact) mass is 257 g/mol. The summed E-state index contributed by atoms with van der Waals surface area (Å²) in [6.45, 7) is 2.16. The van der Waals surface area contributed by atoms with Crippen molar-refractivity contribution in [2.24, 2.45) is 5.92 Å². The summed E-state index contributed by atoms with van der Waals surface area (Å²) < 4.78 is 0. The standard InChI is InChI=1S/C17H24N2/c1-2-7-14(6-1)12-18-11-5-8-15-13-19-17-10-4-3-9-16(15)17/h1,3,6-7,9,13,16-19H,2,4-5,8,10-12H2/p+1. The largest absolute Gasteiger partial charge is 0.317 e. The molecule has 0 aromatic carbocycles. The molecule has 2 heteroatoms. The lowest BCUT2D eigenvalue weighted by atomic mass is 9.86. The van der Waals surface area contributed by atoms with Crippen LogP contribution in [0.3, 0.4) is 0 Å². The van der Waals surface area contributed by atoms with Crippen molar-refractivity contribution in [3.63, 3.8) is 0 Å². The van der Waals surface area contributed by atoms with E-state index in [2.05, 4.69) is 47.2 Å². The van der Waals surface area contributed by atoms with E-state index in [0.717, 1.165) is 31.5 Å². The summed E-state index contributed by atoms with van der Waals surface area (Å²) in [7, 11) is 0. The lowest BCUT2D eigenvalue weighted by Gasteiger charge is -2.19. The van der Waals surface area contributed by atoms with E-state index in [1.807, 2.05) is 0 Å². The molecule has 2 unspecified atom stereocenters. The first-order chi connectivity index (χ1) is 9.43. The Morgan fingerprint density at radius 1 is 1.32 bits per heavy atom. The van der Waals surface area contributed by atoms with E-state index in [1.165, 1.54) is 31.3 Å². The molecule has 0 aromatic rings. The van der Waals surface area contributed by atoms with Gasteiger partial charge in [0, 0.05) is 13.0 Å². The van der Waals surface area contributed by atoms with Gasteiger partial charge in [-0.3, -0.25) is 0 Å². The van der Waals surface area contributed by atoms with Gasteiger partial charge in [-0.1, -0.05) is 30.4 Å². The number of allylic oxidation sites excluding steroid dienone is 3. The van der Waals surface area contributed by atoms with Crippen LogP contribution in [0.15, 0.2) is 47.7 Å². The van der Waals surface area contributed by atoms with Crippen molar-refractivity contribution in [2.75, 3.05) is 13.1 Å². The van der Waals surface area contributed by atoms with Crippen LogP contribution in [0.5, 0.6) is 0 Å². The SMILES string of the molecule is C1=CC(CNCCCC2=C[NH2+]C3CCC=CC23)=CC1. The summed E-state index contributed by atoms with van der Waals surface area (Å²) in [4.78, 5) is 0. The third-order valence-corrected chi connectivity index (χ3v) is 4.45. The Morgan fingerprint density at radius 2 is 2.32 bits per heavy atom. The topological polar surface area (TPSA) is 28.6 Å². The molecule has 3 N–H and O–H groups in total. The molecule has 1 aliphatic heterocycles. The van der Waals surface area contributed by atoms with Crippen LogP contribution in [-0.4, -0.2) is 19.1 Å². The summed E-state index contributed by atoms with van der Waals surface area (Å²) in [5.74, 6) is 0.731. The Bertz CT molecular complexity index is 429. The van der Waals surface area contributed by atoms with Gasteiger partial charge in [0.15, 0.2) is 0 Å². The van der Waals surface area contributed by atoms with Crippen molar-refractivity contribution in [3.8, 4) is 0 Å². The molecule has 0 saturated carbocycles. The van der Waals surface area contributed by atoms with Gasteiger partial charge in [0.2, 0.25) is 0 Å². The minimum Gasteiger partial charge on any atom is -0.317 e. The zero-order chi connectivity index (χ0) is 12.9. The van der Waals surface area contributed by atoms with Gasteiger partial charge in [0.05, 0.1) is 12.1 Å². The second-order valence-electron chi connectivity index (χ2n) is 5.83. The van der Waals surface area contributed by atoms with Gasteiger partial charge in [-0.25, -0.2) is 0 Å². The van der Waals surface area contributed by atoms with Crippen LogP contribution in [0.2, 0.25) is 0 Å². The average Bonchev–Trinajstić information content (AvgIpc) is 3.08. The van der Waals surface area contributed by atoms with Crippen LogP contribution in [0, 0.1) is 5.92 Å². The molecule has 1 heterocycles. The maximum absolute atomic E-state index is 3.55. The van der Waals surface area contributed by atoms with Crippen molar-refractivity contribution in [1.82, 2.24) is 5.32 Å². The van der Waals surface area contributed by atoms with Gasteiger partial charge >= 0.3 is 0 Å². The van der Waals surface area contributed by atoms with Gasteiger partial charge in [0.1, 0.15) is 6.04 Å². The smallest absolute Gasteiger partial charge is 0.101 e. The second kappa shape index (κ2) is 6.36. The molecule has 2 atom stereocenters. The minimum atomic E-state index is 0.731. The van der Waals surface area contributed by atoms with Gasteiger partial charge < -0.3 is 10.6 Å². The van der Waals surface area contributed by atoms with E-state index in [1.54, 1.807) is 5.57 Å². The third-order valence-electron chi connectivity index (χ3n) is 4.45. The lowest BCUT2D eigenvalue weighted by molar-refractivity contribution is -0.622. The number of hydrogen-bond acceptors (Lipinski definition) is 1. The molecule has 0 fully saturated rings. The second-order valence-corrected chi connectivity index (χ2v) is 5.83. The molecule has 3 aliphatic rings. The number of nitrogens with two attached hydrogens (primary N) is 1. The highest BCUT2D eigenvalue weighted by atomic mass is 14.9. The van der Waals surface area contributed by atoms with E-state index in [-0.39, 0.29) is 0 Å². The van der Waals surface area contributed by atoms with Gasteiger partial charge in [-0.2, -0.15) is 0 Å². The molecular weight excluding hydrogens is 232 g/mol. The number of nitrogens with one attached hydrogen (secondary N) is 1. The lowest BCUT2D eigenvalue weighted by Crippen LogP contribution is -2.83. The van der Waals surface area contributed by atoms with Crippen LogP contribution >= 0.6 is 0 Å². The summed E-state index contributed by atoms with van der Waals surface area (Å²) in [6, 6.07) is 0.807. The highest BCUT2D eigenvalue weighted by molar-refractivity contribution is 5.27. The van der Waals surface area contributed by atoms with Crippen molar-refractivity contribution in [1.29, 1.82) is 0 Å². The third kappa shape index (κ3) is 3.26. The fraction of sp³-hybridized carbons (Fsp3) is 0.529. The van der Waals surface area contributed by atoms with Crippen molar-refractivity contribution in [2.45, 2.75) is 38.1 Å². The molecule has 102 valence electrons. The van der Waals surface area contributed by atoms with Crippen molar-refractivity contribution < 1.29 is 5.32 Å². The first-order valence-electron chi connectivity index (χ1n) is 7.70. The minimum absolute atomic E-state index is 0.731. The fourth-order valence-corrected chi connectivity index (χ4v) is 3.36. The molecule has 2 nitrogen and oxygen atoms in total. The Hall–Kier alpha value is -1.12. The molecule has 19 heavy (non-hydrogen) atoms. The van der Waals surface area contributed by atoms with Crippen molar-refractivity contribution in [3.05, 3.63) is 47.7 Å². The predicted molar refractivity (Wildman–Crippen MR) is 79.6 cm³/mol. The number of fused-ring (bicyclic) bond motifs is 1. The van der Waals surface area contributed by atoms with E-state index in [0.29, 0.717) is 0 Å². The molecule has 0 bridgehead atoms. The molecule has 0 radical (unpaired) electrons. The highest BCUT2D eigenvalue weighted by Gasteiger charge is 2.32. The molecule has 0 saturated heterocycles. The van der Waals surface area contributed by atoms with Crippen molar-refractivity contribution >= 4 is 0 Å². The fourth-order valence-electron chi connectivity index (χ4n) is 3.36. The summed E-state index contributed by atoms with van der Waals surface area (Å²) in [5.41, 5.74) is 3.10. The Balaban J connectivity index is 1.35. The predicted octanol–water partition coefficient (Wildman–Crippen LogP) is 2.04. The highest BCUT2D eigenvalue weighted by Crippen LogP contribution is 2.28. The maximum atomic E-state index is 3.55. The molecule has 0 spiro atoms. The maximum Gasteiger partial charge on any atom is 0.101 e. The summed E-state index contributed by atoms with van der Waals surface area (Å²) in [6.07, 6.45) is 20.2. The van der Waals surface area contributed by atoms with Gasteiger partial charge in [0.25, 0.3) is 0 Å². The Labute approximate surface area is 116 Å². The molecule has 0 aromatic heterocycles. The number of hydrogen-bond donors (Lipinski definition) is 2. The van der Waals surface area contributed by atoms with Crippen LogP contribution in [0.1, 0.15) is 32.1 Å². The first-order valence-corrected chi connectivity index (χ1v) is 7.70. The van der Waals surface area contributed by atoms with E-state index in [9.17, 15) is 0 Å². The van der Waals surface area contributed by atoms with Crippen LogP contribution in [0.25, 0.3) is 0 Å². The van der Waals surface area contributed by atoms with Crippen LogP contribution in [-0.2, 0) is 0 Å². The molecular formula is C17H25N2+.